The molecule has 5 nitrogen and oxygen atoms in total. The summed E-state index contributed by atoms with van der Waals surface area (Å²) in [6.45, 7) is 9.22. The average Bonchev–Trinajstić information content (AvgIpc) is 2.96. The number of hydrogen-bond donors (Lipinski definition) is 1. The number of ether oxygens (including phenoxy) is 1. The molecule has 1 unspecified atom stereocenters. The van der Waals surface area contributed by atoms with E-state index in [1.54, 1.807) is 6.20 Å². The van der Waals surface area contributed by atoms with E-state index in [-0.39, 0.29) is 12.1 Å². The fourth-order valence-corrected chi connectivity index (χ4v) is 2.58. The van der Waals surface area contributed by atoms with Gasteiger partial charge >= 0.3 is 6.03 Å². The van der Waals surface area contributed by atoms with Gasteiger partial charge in [0.1, 0.15) is 0 Å². The van der Waals surface area contributed by atoms with Crippen molar-refractivity contribution in [1.29, 1.82) is 0 Å². The Morgan fingerprint density at radius 3 is 3.09 bits per heavy atom. The van der Waals surface area contributed by atoms with Gasteiger partial charge in [-0.2, -0.15) is 0 Å². The molecule has 1 saturated heterocycles. The molecule has 1 aliphatic rings. The van der Waals surface area contributed by atoms with Crippen LogP contribution in [0.5, 0.6) is 0 Å². The molecule has 0 spiro atoms. The second kappa shape index (κ2) is 8.13. The van der Waals surface area contributed by atoms with Crippen LogP contribution >= 0.6 is 0 Å². The number of aryl methyl sites for hydroxylation is 1. The first-order chi connectivity index (χ1) is 10.6. The molecule has 0 bridgehead atoms. The van der Waals surface area contributed by atoms with Crippen molar-refractivity contribution < 1.29 is 9.53 Å². The van der Waals surface area contributed by atoms with Crippen LogP contribution in [-0.4, -0.2) is 48.3 Å². The van der Waals surface area contributed by atoms with E-state index in [0.29, 0.717) is 19.0 Å². The summed E-state index contributed by atoms with van der Waals surface area (Å²) >= 11 is 0. The zero-order chi connectivity index (χ0) is 15.9. The van der Waals surface area contributed by atoms with Crippen molar-refractivity contribution in [3.63, 3.8) is 0 Å². The Balaban J connectivity index is 1.69. The quantitative estimate of drug-likeness (QED) is 0.878. The fraction of sp³-hybridized carbons (Fsp3) is 0.647. The van der Waals surface area contributed by atoms with Gasteiger partial charge in [-0.05, 0) is 42.9 Å². The van der Waals surface area contributed by atoms with Crippen molar-refractivity contribution in [3.05, 3.63) is 29.6 Å². The second-order valence-corrected chi connectivity index (χ2v) is 6.37. The lowest BCUT2D eigenvalue weighted by molar-refractivity contribution is 0.0436. The highest BCUT2D eigenvalue weighted by Crippen LogP contribution is 2.14. The van der Waals surface area contributed by atoms with Gasteiger partial charge in [-0.25, -0.2) is 4.79 Å². The number of pyridine rings is 1. The average molecular weight is 305 g/mol. The Bertz CT molecular complexity index is 491. The molecule has 2 rings (SSSR count). The Morgan fingerprint density at radius 2 is 2.36 bits per heavy atom. The number of likely N-dealkylation sites (tertiary alicyclic amines) is 1. The lowest BCUT2D eigenvalue weighted by Gasteiger charge is -2.18. The molecular weight excluding hydrogens is 278 g/mol. The first-order valence-electron chi connectivity index (χ1n) is 8.10. The van der Waals surface area contributed by atoms with Crippen LogP contribution in [0, 0.1) is 12.8 Å². The second-order valence-electron chi connectivity index (χ2n) is 6.37. The van der Waals surface area contributed by atoms with E-state index < -0.39 is 0 Å². The number of urea groups is 1. The number of amides is 2. The van der Waals surface area contributed by atoms with E-state index in [9.17, 15) is 4.79 Å². The van der Waals surface area contributed by atoms with E-state index in [1.165, 1.54) is 11.1 Å². The lowest BCUT2D eigenvalue weighted by atomic mass is 10.1. The summed E-state index contributed by atoms with van der Waals surface area (Å²) in [7, 11) is 0. The first kappa shape index (κ1) is 16.7. The molecule has 2 amide bonds. The molecule has 1 aromatic heterocycles. The molecule has 122 valence electrons. The predicted octanol–water partition coefficient (Wildman–Crippen LogP) is 2.39. The number of hydrogen-bond acceptors (Lipinski definition) is 3. The number of aromatic nitrogens is 1. The molecule has 1 N–H and O–H groups in total. The highest BCUT2D eigenvalue weighted by Gasteiger charge is 2.26. The summed E-state index contributed by atoms with van der Waals surface area (Å²) < 4.78 is 5.81. The van der Waals surface area contributed by atoms with Crippen LogP contribution in [0.3, 0.4) is 0 Å². The fourth-order valence-electron chi connectivity index (χ4n) is 2.58. The van der Waals surface area contributed by atoms with Crippen molar-refractivity contribution in [3.8, 4) is 0 Å². The third kappa shape index (κ3) is 4.98. The van der Waals surface area contributed by atoms with Crippen LogP contribution < -0.4 is 5.32 Å². The highest BCUT2D eigenvalue weighted by molar-refractivity contribution is 5.74. The summed E-state index contributed by atoms with van der Waals surface area (Å²) in [5, 5.41) is 3.00. The number of carbonyl (C=O) groups is 1. The molecular formula is C17H27N3O2. The zero-order valence-electron chi connectivity index (χ0n) is 13.8. The minimum Gasteiger partial charge on any atom is -0.376 e. The van der Waals surface area contributed by atoms with Crippen LogP contribution in [0.25, 0.3) is 0 Å². The van der Waals surface area contributed by atoms with Crippen molar-refractivity contribution >= 4 is 6.03 Å². The van der Waals surface area contributed by atoms with Crippen molar-refractivity contribution in [2.75, 3.05) is 26.2 Å². The van der Waals surface area contributed by atoms with Crippen LogP contribution in [0.4, 0.5) is 4.79 Å². The molecule has 1 aromatic rings. The molecule has 1 fully saturated rings. The summed E-state index contributed by atoms with van der Waals surface area (Å²) in [5.41, 5.74) is 2.40. The number of rotatable bonds is 6. The Morgan fingerprint density at radius 1 is 1.55 bits per heavy atom. The molecule has 2 heterocycles. The number of carbonyl (C=O) groups excluding carboxylic acids is 1. The molecule has 22 heavy (non-hydrogen) atoms. The molecule has 1 aliphatic heterocycles. The Kier molecular flexibility index (Phi) is 6.19. The minimum atomic E-state index is 0.0161. The first-order valence-corrected chi connectivity index (χ1v) is 8.10. The maximum atomic E-state index is 12.2. The lowest BCUT2D eigenvalue weighted by Crippen LogP contribution is -2.40. The van der Waals surface area contributed by atoms with Crippen molar-refractivity contribution in [2.24, 2.45) is 5.92 Å². The maximum Gasteiger partial charge on any atom is 0.317 e. The van der Waals surface area contributed by atoms with Gasteiger partial charge in [0.2, 0.25) is 0 Å². The normalized spacial score (nSPS) is 18.0. The van der Waals surface area contributed by atoms with Crippen LogP contribution in [0.15, 0.2) is 18.5 Å². The summed E-state index contributed by atoms with van der Waals surface area (Å²) in [6, 6.07) is 2.02. The van der Waals surface area contributed by atoms with Gasteiger partial charge in [0.05, 0.1) is 6.10 Å². The monoisotopic (exact) mass is 305 g/mol. The third-order valence-electron chi connectivity index (χ3n) is 3.90. The molecule has 0 radical (unpaired) electrons. The van der Waals surface area contributed by atoms with Gasteiger partial charge in [-0.3, -0.25) is 4.98 Å². The smallest absolute Gasteiger partial charge is 0.317 e. The zero-order valence-corrected chi connectivity index (χ0v) is 13.8. The van der Waals surface area contributed by atoms with Crippen LogP contribution in [0.1, 0.15) is 31.4 Å². The maximum absolute atomic E-state index is 12.2. The van der Waals surface area contributed by atoms with Crippen LogP contribution in [-0.2, 0) is 11.2 Å². The molecule has 5 heteroatoms. The van der Waals surface area contributed by atoms with E-state index in [4.69, 9.17) is 4.74 Å². The molecule has 0 aliphatic carbocycles. The van der Waals surface area contributed by atoms with E-state index in [1.807, 2.05) is 24.1 Å². The number of nitrogens with zero attached hydrogens (tertiary/aromatic N) is 2. The van der Waals surface area contributed by atoms with E-state index in [0.717, 1.165) is 26.0 Å². The predicted molar refractivity (Wildman–Crippen MR) is 86.8 cm³/mol. The van der Waals surface area contributed by atoms with Crippen molar-refractivity contribution in [2.45, 2.75) is 39.7 Å². The van der Waals surface area contributed by atoms with Crippen molar-refractivity contribution in [1.82, 2.24) is 15.2 Å². The van der Waals surface area contributed by atoms with Gasteiger partial charge in [-0.15, -0.1) is 0 Å². The SMILES string of the molecule is Cc1cnccc1CCNC(=O)N1CCC(OCC(C)C)C1. The minimum absolute atomic E-state index is 0.0161. The summed E-state index contributed by atoms with van der Waals surface area (Å²) in [5.74, 6) is 0.534. The number of nitrogens with one attached hydrogen (secondary N) is 1. The van der Waals surface area contributed by atoms with Gasteiger partial charge in [0, 0.05) is 38.6 Å². The standard InChI is InChI=1S/C17H27N3O2/c1-13(2)12-22-16-6-9-20(11-16)17(21)19-8-5-15-4-7-18-10-14(15)3/h4,7,10,13,16H,5-6,8-9,11-12H2,1-3H3,(H,19,21). The Hall–Kier alpha value is -1.62. The van der Waals surface area contributed by atoms with Crippen LogP contribution in [0.2, 0.25) is 0 Å². The summed E-state index contributed by atoms with van der Waals surface area (Å²) in [4.78, 5) is 18.1. The molecule has 1 atom stereocenters. The highest BCUT2D eigenvalue weighted by atomic mass is 16.5. The van der Waals surface area contributed by atoms with E-state index in [2.05, 4.69) is 24.1 Å². The molecule has 0 saturated carbocycles. The van der Waals surface area contributed by atoms with Gasteiger partial charge < -0.3 is 15.0 Å². The van der Waals surface area contributed by atoms with Gasteiger partial charge in [0.15, 0.2) is 0 Å². The molecule has 0 aromatic carbocycles. The van der Waals surface area contributed by atoms with Gasteiger partial charge in [-0.1, -0.05) is 13.8 Å². The largest absolute Gasteiger partial charge is 0.376 e. The topological polar surface area (TPSA) is 54.5 Å². The summed E-state index contributed by atoms with van der Waals surface area (Å²) in [6.07, 6.45) is 5.61. The van der Waals surface area contributed by atoms with Gasteiger partial charge in [0.25, 0.3) is 0 Å². The Labute approximate surface area is 133 Å². The van der Waals surface area contributed by atoms with E-state index >= 15 is 0 Å². The third-order valence-corrected chi connectivity index (χ3v) is 3.90.